The molecule has 2 aromatic rings. The summed E-state index contributed by atoms with van der Waals surface area (Å²) in [6.45, 7) is 10.1. The van der Waals surface area contributed by atoms with E-state index in [0.717, 1.165) is 23.0 Å². The van der Waals surface area contributed by atoms with Gasteiger partial charge in [-0.1, -0.05) is 52.3 Å². The molecule has 0 atom stereocenters. The van der Waals surface area contributed by atoms with Crippen LogP contribution in [-0.4, -0.2) is 30.6 Å². The highest BCUT2D eigenvalue weighted by molar-refractivity contribution is 6.05. The van der Waals surface area contributed by atoms with Crippen molar-refractivity contribution in [2.24, 2.45) is 0 Å². The third-order valence-electron chi connectivity index (χ3n) is 3.22. The zero-order valence-corrected chi connectivity index (χ0v) is 14.6. The van der Waals surface area contributed by atoms with E-state index >= 15 is 0 Å². The van der Waals surface area contributed by atoms with Gasteiger partial charge in [0.25, 0.3) is 0 Å². The molecule has 1 aliphatic rings. The Kier molecular flexibility index (Phi) is 8.13. The molecule has 0 spiro atoms. The number of nitrogens with one attached hydrogen (secondary N) is 1. The predicted molar refractivity (Wildman–Crippen MR) is 98.1 cm³/mol. The van der Waals surface area contributed by atoms with Gasteiger partial charge in [-0.15, -0.1) is 0 Å². The number of rotatable bonds is 1. The van der Waals surface area contributed by atoms with Crippen LogP contribution in [0.15, 0.2) is 36.4 Å². The Morgan fingerprint density at radius 1 is 1.17 bits per heavy atom. The number of piperazine rings is 1. The zero-order chi connectivity index (χ0) is 17.2. The molecule has 0 saturated carbocycles. The van der Waals surface area contributed by atoms with Gasteiger partial charge in [0.1, 0.15) is 5.75 Å². The van der Waals surface area contributed by atoms with Gasteiger partial charge in [0.15, 0.2) is 0 Å². The van der Waals surface area contributed by atoms with Crippen LogP contribution in [0.5, 0.6) is 5.75 Å². The van der Waals surface area contributed by atoms with Crippen LogP contribution >= 0.6 is 0 Å². The van der Waals surface area contributed by atoms with Gasteiger partial charge in [0.2, 0.25) is 5.91 Å². The van der Waals surface area contributed by atoms with Crippen molar-refractivity contribution in [1.29, 1.82) is 0 Å². The lowest BCUT2D eigenvalue weighted by Crippen LogP contribution is -2.48. The van der Waals surface area contributed by atoms with E-state index in [4.69, 9.17) is 0 Å². The molecule has 23 heavy (non-hydrogen) atoms. The van der Waals surface area contributed by atoms with Crippen molar-refractivity contribution < 1.29 is 9.90 Å². The number of phenolic OH excluding ortho intramolecular Hbond substituents is 1. The normalized spacial score (nSPS) is 13.7. The Bertz CT molecular complexity index is 626. The van der Waals surface area contributed by atoms with Crippen LogP contribution in [0.25, 0.3) is 10.8 Å². The van der Waals surface area contributed by atoms with Crippen molar-refractivity contribution in [2.45, 2.75) is 34.1 Å². The molecule has 1 saturated heterocycles. The summed E-state index contributed by atoms with van der Waals surface area (Å²) in [5.41, 5.74) is 0.870. The van der Waals surface area contributed by atoms with Crippen molar-refractivity contribution >= 4 is 22.4 Å². The molecule has 1 aliphatic heterocycles. The van der Waals surface area contributed by atoms with Crippen molar-refractivity contribution in [3.63, 3.8) is 0 Å². The number of aromatic hydroxyl groups is 1. The number of anilines is 1. The van der Waals surface area contributed by atoms with E-state index in [1.54, 1.807) is 17.0 Å². The monoisotopic (exact) mass is 316 g/mol. The molecule has 3 rings (SSSR count). The summed E-state index contributed by atoms with van der Waals surface area (Å²) < 4.78 is 0. The first-order valence-electron chi connectivity index (χ1n) is 8.40. The zero-order valence-electron chi connectivity index (χ0n) is 14.6. The Morgan fingerprint density at radius 3 is 2.52 bits per heavy atom. The minimum absolute atomic E-state index is 0.0668. The molecule has 1 fully saturated rings. The lowest BCUT2D eigenvalue weighted by atomic mass is 10.1. The van der Waals surface area contributed by atoms with Crippen LogP contribution in [0.2, 0.25) is 0 Å². The van der Waals surface area contributed by atoms with Gasteiger partial charge >= 0.3 is 0 Å². The molecule has 4 nitrogen and oxygen atoms in total. The summed E-state index contributed by atoms with van der Waals surface area (Å²) in [4.78, 5) is 13.7. The lowest BCUT2D eigenvalue weighted by molar-refractivity contribution is -0.118. The van der Waals surface area contributed by atoms with E-state index < -0.39 is 0 Å². The molecule has 0 aromatic heterocycles. The van der Waals surface area contributed by atoms with Crippen molar-refractivity contribution in [2.75, 3.05) is 24.5 Å². The largest absolute Gasteiger partial charge is 0.508 e. The maximum Gasteiger partial charge on any atom is 0.241 e. The van der Waals surface area contributed by atoms with E-state index in [1.807, 2.05) is 38.1 Å². The molecule has 0 unspecified atom stereocenters. The number of nitrogens with zero attached hydrogens (tertiary/aromatic N) is 1. The first-order valence-corrected chi connectivity index (χ1v) is 8.40. The van der Waals surface area contributed by atoms with E-state index in [2.05, 4.69) is 19.2 Å². The fourth-order valence-electron chi connectivity index (χ4n) is 2.34. The summed E-state index contributed by atoms with van der Waals surface area (Å²) >= 11 is 0. The van der Waals surface area contributed by atoms with Crippen molar-refractivity contribution in [3.05, 3.63) is 36.4 Å². The molecule has 1 amide bonds. The maximum absolute atomic E-state index is 11.9. The summed E-state index contributed by atoms with van der Waals surface area (Å²) in [6, 6.07) is 11.1. The minimum Gasteiger partial charge on any atom is -0.508 e. The van der Waals surface area contributed by atoms with Crippen LogP contribution in [0.4, 0.5) is 5.69 Å². The van der Waals surface area contributed by atoms with Crippen LogP contribution in [0.3, 0.4) is 0 Å². The molecular formula is C19H28N2O2. The number of amides is 1. The molecule has 2 N–H and O–H groups in total. The summed E-state index contributed by atoms with van der Waals surface area (Å²) in [7, 11) is 0. The average molecular weight is 316 g/mol. The van der Waals surface area contributed by atoms with Gasteiger partial charge in [-0.2, -0.15) is 0 Å². The van der Waals surface area contributed by atoms with Gasteiger partial charge in [0.05, 0.1) is 12.2 Å². The number of benzene rings is 2. The summed E-state index contributed by atoms with van der Waals surface area (Å²) in [5, 5.41) is 14.6. The van der Waals surface area contributed by atoms with Gasteiger partial charge in [0, 0.05) is 18.5 Å². The van der Waals surface area contributed by atoms with E-state index in [0.29, 0.717) is 13.1 Å². The second-order valence-corrected chi connectivity index (χ2v) is 5.11. The van der Waals surface area contributed by atoms with E-state index in [9.17, 15) is 9.90 Å². The highest BCUT2D eigenvalue weighted by Gasteiger charge is 2.20. The highest BCUT2D eigenvalue weighted by Crippen LogP contribution is 2.30. The maximum atomic E-state index is 11.9. The Hall–Kier alpha value is -2.07. The summed E-state index contributed by atoms with van der Waals surface area (Å²) in [5.74, 6) is 0.287. The Morgan fingerprint density at radius 2 is 1.87 bits per heavy atom. The van der Waals surface area contributed by atoms with Crippen molar-refractivity contribution in [1.82, 2.24) is 5.32 Å². The van der Waals surface area contributed by atoms with Gasteiger partial charge < -0.3 is 15.3 Å². The highest BCUT2D eigenvalue weighted by atomic mass is 16.3. The molecular weight excluding hydrogens is 288 g/mol. The molecule has 1 heterocycles. The van der Waals surface area contributed by atoms with Gasteiger partial charge in [-0.05, 0) is 23.6 Å². The molecule has 126 valence electrons. The van der Waals surface area contributed by atoms with Crippen molar-refractivity contribution in [3.8, 4) is 5.75 Å². The van der Waals surface area contributed by atoms with Gasteiger partial charge in [-0.3, -0.25) is 4.79 Å². The number of phenols is 1. The third kappa shape index (κ3) is 4.96. The number of hydrogen-bond donors (Lipinski definition) is 2. The predicted octanol–water partition coefficient (Wildman–Crippen LogP) is 3.92. The quantitative estimate of drug-likeness (QED) is 0.838. The van der Waals surface area contributed by atoms with Crippen LogP contribution in [0.1, 0.15) is 34.1 Å². The summed E-state index contributed by atoms with van der Waals surface area (Å²) in [6.07, 6.45) is 1.25. The third-order valence-corrected chi connectivity index (χ3v) is 3.22. The fourth-order valence-corrected chi connectivity index (χ4v) is 2.34. The minimum atomic E-state index is 0.0668. The van der Waals surface area contributed by atoms with E-state index in [-0.39, 0.29) is 11.7 Å². The SMILES string of the molecule is CC.CCC.O=C1CNCCN1c1cccc2ccc(O)cc12. The topological polar surface area (TPSA) is 52.6 Å². The van der Waals surface area contributed by atoms with Gasteiger partial charge in [-0.25, -0.2) is 0 Å². The number of carbonyl (C=O) groups excluding carboxylic acids is 1. The molecule has 0 radical (unpaired) electrons. The number of hydrogen-bond acceptors (Lipinski definition) is 3. The lowest BCUT2D eigenvalue weighted by Gasteiger charge is -2.28. The smallest absolute Gasteiger partial charge is 0.241 e. The van der Waals surface area contributed by atoms with Crippen LogP contribution in [-0.2, 0) is 4.79 Å². The van der Waals surface area contributed by atoms with E-state index in [1.165, 1.54) is 6.42 Å². The molecule has 0 bridgehead atoms. The first kappa shape index (κ1) is 19.0. The Balaban J connectivity index is 0.000000477. The Labute approximate surface area is 139 Å². The molecule has 4 heteroatoms. The number of fused-ring (bicyclic) bond motifs is 1. The molecule has 2 aromatic carbocycles. The molecule has 0 aliphatic carbocycles. The second kappa shape index (κ2) is 9.85. The first-order chi connectivity index (χ1) is 11.2. The fraction of sp³-hybridized carbons (Fsp3) is 0.421. The number of carbonyl (C=O) groups is 1. The standard InChI is InChI=1S/C14H14N2O2.C3H8.C2H6/c17-11-5-4-10-2-1-3-13(12(10)8-11)16-7-6-15-9-14(16)18;1-3-2;1-2/h1-5,8,15,17H,6-7,9H2;3H2,1-2H3;1-2H3. The van der Waals surface area contributed by atoms with Crippen LogP contribution in [0, 0.1) is 0 Å². The van der Waals surface area contributed by atoms with Crippen LogP contribution < -0.4 is 10.2 Å². The second-order valence-electron chi connectivity index (χ2n) is 5.11. The average Bonchev–Trinajstić information content (AvgIpc) is 2.57.